The zero-order valence-electron chi connectivity index (χ0n) is 19.1. The highest BCUT2D eigenvalue weighted by Gasteiger charge is 2.37. The number of hydrogen-bond donors (Lipinski definition) is 1. The smallest absolute Gasteiger partial charge is 0.337 e. The van der Waals surface area contributed by atoms with Gasteiger partial charge in [-0.2, -0.15) is 0 Å². The first-order chi connectivity index (χ1) is 16.9. The molecule has 0 radical (unpaired) electrons. The van der Waals surface area contributed by atoms with E-state index >= 15 is 0 Å². The third-order valence-corrected chi connectivity index (χ3v) is 5.34. The summed E-state index contributed by atoms with van der Waals surface area (Å²) in [6.07, 6.45) is 1.39. The first-order valence-corrected chi connectivity index (χ1v) is 10.7. The number of nitrogens with one attached hydrogen (secondary N) is 1. The van der Waals surface area contributed by atoms with Gasteiger partial charge < -0.3 is 9.47 Å². The lowest BCUT2D eigenvalue weighted by Crippen LogP contribution is -2.54. The van der Waals surface area contributed by atoms with Crippen molar-refractivity contribution < 1.29 is 28.7 Å². The van der Waals surface area contributed by atoms with Crippen LogP contribution in [0.25, 0.3) is 6.08 Å². The van der Waals surface area contributed by atoms with E-state index in [1.807, 2.05) is 31.2 Å². The van der Waals surface area contributed by atoms with Crippen molar-refractivity contribution >= 4 is 35.6 Å². The number of barbiturate groups is 1. The minimum atomic E-state index is -0.882. The first kappa shape index (κ1) is 23.4. The van der Waals surface area contributed by atoms with Crippen LogP contribution in [0, 0.1) is 6.92 Å². The van der Waals surface area contributed by atoms with Crippen LogP contribution in [0.3, 0.4) is 0 Å². The molecule has 3 aromatic carbocycles. The minimum Gasteiger partial charge on any atom is -0.488 e. The van der Waals surface area contributed by atoms with Gasteiger partial charge in [0.15, 0.2) is 0 Å². The number of nitrogens with zero attached hydrogens (tertiary/aromatic N) is 1. The van der Waals surface area contributed by atoms with Crippen molar-refractivity contribution in [2.45, 2.75) is 13.5 Å². The summed E-state index contributed by atoms with van der Waals surface area (Å²) < 4.78 is 10.6. The van der Waals surface area contributed by atoms with Gasteiger partial charge in [0.25, 0.3) is 11.8 Å². The highest BCUT2D eigenvalue weighted by Crippen LogP contribution is 2.26. The molecule has 0 atom stereocenters. The molecule has 1 aliphatic heterocycles. The number of carbonyl (C=O) groups is 4. The summed E-state index contributed by atoms with van der Waals surface area (Å²) >= 11 is 0. The number of imide groups is 2. The van der Waals surface area contributed by atoms with E-state index in [0.717, 1.165) is 16.0 Å². The van der Waals surface area contributed by atoms with Crippen LogP contribution >= 0.6 is 0 Å². The summed E-state index contributed by atoms with van der Waals surface area (Å²) in [6, 6.07) is 19.7. The van der Waals surface area contributed by atoms with Crippen LogP contribution in [0.1, 0.15) is 27.0 Å². The van der Waals surface area contributed by atoms with Gasteiger partial charge in [-0.15, -0.1) is 0 Å². The Labute approximate surface area is 201 Å². The molecule has 4 amide bonds. The molecule has 0 unspecified atom stereocenters. The van der Waals surface area contributed by atoms with Crippen molar-refractivity contribution in [2.75, 3.05) is 12.0 Å². The molecule has 1 heterocycles. The molecule has 0 spiro atoms. The monoisotopic (exact) mass is 470 g/mol. The molecule has 0 saturated carbocycles. The number of urea groups is 1. The highest BCUT2D eigenvalue weighted by molar-refractivity contribution is 6.39. The van der Waals surface area contributed by atoms with Crippen LogP contribution in [-0.4, -0.2) is 30.9 Å². The minimum absolute atomic E-state index is 0.197. The van der Waals surface area contributed by atoms with Gasteiger partial charge in [0.2, 0.25) is 0 Å². The topological polar surface area (TPSA) is 102 Å². The number of para-hydroxylation sites is 1. The predicted octanol–water partition coefficient (Wildman–Crippen LogP) is 4.03. The van der Waals surface area contributed by atoms with E-state index in [4.69, 9.17) is 4.74 Å². The Kier molecular flexibility index (Phi) is 6.73. The Morgan fingerprint density at radius 1 is 0.971 bits per heavy atom. The van der Waals surface area contributed by atoms with Crippen LogP contribution in [0.2, 0.25) is 0 Å². The molecule has 3 aromatic rings. The van der Waals surface area contributed by atoms with E-state index in [1.54, 1.807) is 24.3 Å². The molecule has 1 N–H and O–H groups in total. The molecule has 8 nitrogen and oxygen atoms in total. The van der Waals surface area contributed by atoms with E-state index in [9.17, 15) is 19.2 Å². The largest absolute Gasteiger partial charge is 0.488 e. The third kappa shape index (κ3) is 5.11. The molecular weight excluding hydrogens is 448 g/mol. The Hall–Kier alpha value is -4.72. The molecule has 0 aliphatic carbocycles. The number of esters is 1. The van der Waals surface area contributed by atoms with Gasteiger partial charge in [-0.05, 0) is 48.9 Å². The summed E-state index contributed by atoms with van der Waals surface area (Å²) in [7, 11) is 1.25. The highest BCUT2D eigenvalue weighted by atomic mass is 16.5. The number of rotatable bonds is 6. The quantitative estimate of drug-likeness (QED) is 0.332. The van der Waals surface area contributed by atoms with E-state index in [0.29, 0.717) is 17.9 Å². The van der Waals surface area contributed by atoms with Gasteiger partial charge >= 0.3 is 12.0 Å². The number of benzene rings is 3. The maximum Gasteiger partial charge on any atom is 0.337 e. The van der Waals surface area contributed by atoms with Gasteiger partial charge in [-0.25, -0.2) is 14.5 Å². The van der Waals surface area contributed by atoms with Gasteiger partial charge in [0.1, 0.15) is 17.9 Å². The fourth-order valence-electron chi connectivity index (χ4n) is 3.61. The fraction of sp³-hybridized carbons (Fsp3) is 0.111. The molecule has 176 valence electrons. The van der Waals surface area contributed by atoms with Crippen molar-refractivity contribution in [3.63, 3.8) is 0 Å². The SMILES string of the molecule is COC(=O)c1ccc(N2C(=O)NC(=O)/C(=C\c3ccccc3OCc3cccc(C)c3)C2=O)cc1. The number of aryl methyl sites for hydroxylation is 1. The maximum absolute atomic E-state index is 13.2. The van der Waals surface area contributed by atoms with Crippen molar-refractivity contribution in [1.82, 2.24) is 5.32 Å². The van der Waals surface area contributed by atoms with E-state index in [1.165, 1.54) is 37.5 Å². The molecule has 0 bridgehead atoms. The second-order valence-corrected chi connectivity index (χ2v) is 7.81. The van der Waals surface area contributed by atoms with Crippen LogP contribution in [-0.2, 0) is 20.9 Å². The van der Waals surface area contributed by atoms with E-state index in [-0.39, 0.29) is 16.8 Å². The molecule has 1 saturated heterocycles. The zero-order chi connectivity index (χ0) is 24.9. The van der Waals surface area contributed by atoms with E-state index in [2.05, 4.69) is 10.1 Å². The van der Waals surface area contributed by atoms with Crippen molar-refractivity contribution in [3.05, 3.63) is 101 Å². The van der Waals surface area contributed by atoms with Gasteiger partial charge in [-0.3, -0.25) is 14.9 Å². The lowest BCUT2D eigenvalue weighted by molar-refractivity contribution is -0.122. The summed E-state index contributed by atoms with van der Waals surface area (Å²) in [4.78, 5) is 50.7. The standard InChI is InChI=1S/C27H22N2O6/c1-17-6-5-7-18(14-17)16-35-23-9-4-3-8-20(23)15-22-24(30)28-27(33)29(25(22)31)21-12-10-19(11-13-21)26(32)34-2/h3-15H,16H2,1-2H3,(H,28,30,33)/b22-15+. The molecule has 35 heavy (non-hydrogen) atoms. The number of anilines is 1. The normalized spacial score (nSPS) is 14.6. The van der Waals surface area contributed by atoms with Crippen molar-refractivity contribution in [1.29, 1.82) is 0 Å². The summed E-state index contributed by atoms with van der Waals surface area (Å²) in [5, 5.41) is 2.19. The fourth-order valence-corrected chi connectivity index (χ4v) is 3.61. The second kappa shape index (κ2) is 10.0. The molecule has 4 rings (SSSR count). The van der Waals surface area contributed by atoms with Crippen LogP contribution in [0.5, 0.6) is 5.75 Å². The molecule has 8 heteroatoms. The maximum atomic E-state index is 13.2. The summed E-state index contributed by atoms with van der Waals surface area (Å²) in [5.74, 6) is -1.68. The van der Waals surface area contributed by atoms with Crippen LogP contribution < -0.4 is 15.0 Å². The predicted molar refractivity (Wildman–Crippen MR) is 129 cm³/mol. The van der Waals surface area contributed by atoms with Crippen molar-refractivity contribution in [3.8, 4) is 5.75 Å². The lowest BCUT2D eigenvalue weighted by Gasteiger charge is -2.26. The number of methoxy groups -OCH3 is 1. The number of ether oxygens (including phenoxy) is 2. The van der Waals surface area contributed by atoms with Gasteiger partial charge in [0.05, 0.1) is 18.4 Å². The Morgan fingerprint density at radius 2 is 1.71 bits per heavy atom. The average molecular weight is 470 g/mol. The van der Waals surface area contributed by atoms with E-state index < -0.39 is 23.8 Å². The Bertz CT molecular complexity index is 1340. The second-order valence-electron chi connectivity index (χ2n) is 7.81. The van der Waals surface area contributed by atoms with Crippen LogP contribution in [0.15, 0.2) is 78.4 Å². The Morgan fingerprint density at radius 3 is 2.43 bits per heavy atom. The molecule has 0 aromatic heterocycles. The Balaban J connectivity index is 1.62. The summed E-state index contributed by atoms with van der Waals surface area (Å²) in [5.41, 5.74) is 2.82. The number of amides is 4. The number of hydrogen-bond acceptors (Lipinski definition) is 6. The number of carbonyl (C=O) groups excluding carboxylic acids is 4. The van der Waals surface area contributed by atoms with Gasteiger partial charge in [0, 0.05) is 5.56 Å². The molecule has 1 aliphatic rings. The van der Waals surface area contributed by atoms with Crippen molar-refractivity contribution in [2.24, 2.45) is 0 Å². The lowest BCUT2D eigenvalue weighted by atomic mass is 10.1. The first-order valence-electron chi connectivity index (χ1n) is 10.7. The summed E-state index contributed by atoms with van der Waals surface area (Å²) in [6.45, 7) is 2.30. The molecular formula is C27H22N2O6. The third-order valence-electron chi connectivity index (χ3n) is 5.34. The zero-order valence-corrected chi connectivity index (χ0v) is 19.1. The molecule has 1 fully saturated rings. The van der Waals surface area contributed by atoms with Gasteiger partial charge in [-0.1, -0.05) is 48.0 Å². The van der Waals surface area contributed by atoms with Crippen LogP contribution in [0.4, 0.5) is 10.5 Å². The average Bonchev–Trinajstić information content (AvgIpc) is 2.85.